The minimum Gasteiger partial charge on any atom is -0.493 e. The fourth-order valence-corrected chi connectivity index (χ4v) is 2.40. The van der Waals surface area contributed by atoms with Crippen molar-refractivity contribution in [3.05, 3.63) is 29.3 Å². The van der Waals surface area contributed by atoms with Crippen LogP contribution >= 0.6 is 0 Å². The van der Waals surface area contributed by atoms with Crippen LogP contribution in [0.15, 0.2) is 18.2 Å². The van der Waals surface area contributed by atoms with E-state index in [1.165, 1.54) is 11.1 Å². The molecule has 106 valence electrons. The molecule has 1 aliphatic heterocycles. The number of fused-ring (bicyclic) bond motifs is 1. The third kappa shape index (κ3) is 3.10. The predicted molar refractivity (Wildman–Crippen MR) is 79.7 cm³/mol. The number of likely N-dealkylation sites (N-methyl/N-ethyl adjacent to an activating group) is 1. The lowest BCUT2D eigenvalue weighted by Gasteiger charge is -2.38. The van der Waals surface area contributed by atoms with Gasteiger partial charge in [-0.25, -0.2) is 0 Å². The zero-order chi connectivity index (χ0) is 14.0. The molecule has 0 amide bonds. The van der Waals surface area contributed by atoms with Crippen molar-refractivity contribution in [2.45, 2.75) is 44.7 Å². The third-order valence-electron chi connectivity index (χ3n) is 4.56. The summed E-state index contributed by atoms with van der Waals surface area (Å²) >= 11 is 0. The van der Waals surface area contributed by atoms with Crippen molar-refractivity contribution in [1.29, 1.82) is 0 Å². The van der Waals surface area contributed by atoms with Crippen LogP contribution in [-0.2, 0) is 12.8 Å². The minimum atomic E-state index is 0.0276. The Hall–Kier alpha value is -1.06. The third-order valence-corrected chi connectivity index (χ3v) is 4.56. The van der Waals surface area contributed by atoms with E-state index in [9.17, 15) is 0 Å². The van der Waals surface area contributed by atoms with Gasteiger partial charge in [0.1, 0.15) is 5.75 Å². The Morgan fingerprint density at radius 1 is 1.37 bits per heavy atom. The maximum Gasteiger partial charge on any atom is 0.122 e. The molecule has 19 heavy (non-hydrogen) atoms. The molecule has 3 heteroatoms. The molecular formula is C16H26N2O. The quantitative estimate of drug-likeness (QED) is 0.884. The first kappa shape index (κ1) is 14.4. The summed E-state index contributed by atoms with van der Waals surface area (Å²) in [6.45, 7) is 5.23. The molecule has 1 aliphatic rings. The molecule has 0 bridgehead atoms. The van der Waals surface area contributed by atoms with Gasteiger partial charge < -0.3 is 15.4 Å². The standard InChI is InChI=1S/C16H26N2O/c1-16(2,18(3)4)15(17)8-6-12-5-7-14-13(11-12)9-10-19-14/h5,7,11,15H,6,8-10,17H2,1-4H3. The molecule has 1 aromatic rings. The van der Waals surface area contributed by atoms with E-state index in [1.54, 1.807) is 0 Å². The fourth-order valence-electron chi connectivity index (χ4n) is 2.40. The van der Waals surface area contributed by atoms with Gasteiger partial charge in [-0.2, -0.15) is 0 Å². The molecule has 2 rings (SSSR count). The number of nitrogens with zero attached hydrogens (tertiary/aromatic N) is 1. The van der Waals surface area contributed by atoms with Crippen LogP contribution in [0, 0.1) is 0 Å². The van der Waals surface area contributed by atoms with Gasteiger partial charge in [-0.15, -0.1) is 0 Å². The zero-order valence-corrected chi connectivity index (χ0v) is 12.6. The Morgan fingerprint density at radius 2 is 2.11 bits per heavy atom. The van der Waals surface area contributed by atoms with Crippen LogP contribution in [0.5, 0.6) is 5.75 Å². The molecule has 0 saturated carbocycles. The number of hydrogen-bond acceptors (Lipinski definition) is 3. The minimum absolute atomic E-state index is 0.0276. The van der Waals surface area contributed by atoms with Crippen LogP contribution in [0.3, 0.4) is 0 Å². The molecule has 0 spiro atoms. The van der Waals surface area contributed by atoms with E-state index in [2.05, 4.69) is 51.0 Å². The van der Waals surface area contributed by atoms with Crippen LogP contribution in [0.1, 0.15) is 31.4 Å². The van der Waals surface area contributed by atoms with E-state index < -0.39 is 0 Å². The Bertz CT molecular complexity index is 440. The summed E-state index contributed by atoms with van der Waals surface area (Å²) in [4.78, 5) is 2.20. The maximum absolute atomic E-state index is 6.35. The van der Waals surface area contributed by atoms with Gasteiger partial charge >= 0.3 is 0 Å². The van der Waals surface area contributed by atoms with Gasteiger partial charge in [-0.1, -0.05) is 12.1 Å². The Labute approximate surface area is 116 Å². The number of nitrogens with two attached hydrogens (primary N) is 1. The normalized spacial score (nSPS) is 16.3. The van der Waals surface area contributed by atoms with E-state index in [0.29, 0.717) is 0 Å². The molecular weight excluding hydrogens is 236 g/mol. The van der Waals surface area contributed by atoms with Crippen LogP contribution in [0.2, 0.25) is 0 Å². The van der Waals surface area contributed by atoms with Gasteiger partial charge in [0.15, 0.2) is 0 Å². The summed E-state index contributed by atoms with van der Waals surface area (Å²) in [6, 6.07) is 6.71. The first-order chi connectivity index (χ1) is 8.91. The average Bonchev–Trinajstić information content (AvgIpc) is 2.82. The number of aryl methyl sites for hydroxylation is 1. The molecule has 2 N–H and O–H groups in total. The SMILES string of the molecule is CN(C)C(C)(C)C(N)CCc1ccc2c(c1)CCO2. The van der Waals surface area contributed by atoms with Crippen molar-refractivity contribution in [3.8, 4) is 5.75 Å². The lowest BCUT2D eigenvalue weighted by molar-refractivity contribution is 0.153. The number of benzene rings is 1. The highest BCUT2D eigenvalue weighted by atomic mass is 16.5. The predicted octanol–water partition coefficient (Wildman–Crippen LogP) is 2.22. The van der Waals surface area contributed by atoms with Gasteiger partial charge in [-0.3, -0.25) is 0 Å². The maximum atomic E-state index is 6.35. The number of rotatable bonds is 5. The monoisotopic (exact) mass is 262 g/mol. The van der Waals surface area contributed by atoms with Crippen molar-refractivity contribution in [3.63, 3.8) is 0 Å². The van der Waals surface area contributed by atoms with Crippen molar-refractivity contribution in [2.24, 2.45) is 5.73 Å². The molecule has 0 saturated heterocycles. The van der Waals surface area contributed by atoms with Crippen LogP contribution in [-0.4, -0.2) is 37.2 Å². The Kier molecular flexibility index (Phi) is 4.16. The molecule has 0 fully saturated rings. The Balaban J connectivity index is 1.96. The van der Waals surface area contributed by atoms with Gasteiger partial charge in [-0.05, 0) is 58.0 Å². The fraction of sp³-hybridized carbons (Fsp3) is 0.625. The van der Waals surface area contributed by atoms with Gasteiger partial charge in [0.05, 0.1) is 6.61 Å². The average molecular weight is 262 g/mol. The Morgan fingerprint density at radius 3 is 2.79 bits per heavy atom. The topological polar surface area (TPSA) is 38.5 Å². The van der Waals surface area contributed by atoms with E-state index in [4.69, 9.17) is 10.5 Å². The molecule has 1 unspecified atom stereocenters. The van der Waals surface area contributed by atoms with Gasteiger partial charge in [0, 0.05) is 18.0 Å². The second-order valence-electron chi connectivity index (χ2n) is 6.23. The number of ether oxygens (including phenoxy) is 1. The summed E-state index contributed by atoms with van der Waals surface area (Å²) in [5.74, 6) is 1.06. The summed E-state index contributed by atoms with van der Waals surface area (Å²) in [5.41, 5.74) is 9.09. The van der Waals surface area contributed by atoms with Gasteiger partial charge in [0.2, 0.25) is 0 Å². The first-order valence-electron chi connectivity index (χ1n) is 7.09. The molecule has 0 aromatic heterocycles. The largest absolute Gasteiger partial charge is 0.493 e. The van der Waals surface area contributed by atoms with Crippen LogP contribution in [0.4, 0.5) is 0 Å². The highest BCUT2D eigenvalue weighted by Gasteiger charge is 2.28. The van der Waals surface area contributed by atoms with Crippen molar-refractivity contribution in [1.82, 2.24) is 4.90 Å². The summed E-state index contributed by atoms with van der Waals surface area (Å²) in [5, 5.41) is 0. The van der Waals surface area contributed by atoms with E-state index in [1.807, 2.05) is 0 Å². The molecule has 1 atom stereocenters. The second kappa shape index (κ2) is 5.51. The lowest BCUT2D eigenvalue weighted by atomic mass is 9.89. The molecule has 1 heterocycles. The molecule has 1 aromatic carbocycles. The van der Waals surface area contributed by atoms with Crippen molar-refractivity contribution in [2.75, 3.05) is 20.7 Å². The summed E-state index contributed by atoms with van der Waals surface area (Å²) in [6.07, 6.45) is 3.08. The van der Waals surface area contributed by atoms with E-state index in [-0.39, 0.29) is 11.6 Å². The van der Waals surface area contributed by atoms with E-state index >= 15 is 0 Å². The smallest absolute Gasteiger partial charge is 0.122 e. The van der Waals surface area contributed by atoms with Crippen molar-refractivity contribution >= 4 is 0 Å². The van der Waals surface area contributed by atoms with Crippen LogP contribution < -0.4 is 10.5 Å². The lowest BCUT2D eigenvalue weighted by Crippen LogP contribution is -2.53. The van der Waals surface area contributed by atoms with Crippen LogP contribution in [0.25, 0.3) is 0 Å². The highest BCUT2D eigenvalue weighted by molar-refractivity contribution is 5.39. The van der Waals surface area contributed by atoms with Gasteiger partial charge in [0.25, 0.3) is 0 Å². The molecule has 3 nitrogen and oxygen atoms in total. The zero-order valence-electron chi connectivity index (χ0n) is 12.6. The summed E-state index contributed by atoms with van der Waals surface area (Å²) in [7, 11) is 4.18. The molecule has 0 radical (unpaired) electrons. The van der Waals surface area contributed by atoms with Crippen molar-refractivity contribution < 1.29 is 4.74 Å². The van der Waals surface area contributed by atoms with E-state index in [0.717, 1.165) is 31.6 Å². The molecule has 0 aliphatic carbocycles. The summed E-state index contributed by atoms with van der Waals surface area (Å²) < 4.78 is 5.53. The first-order valence-corrected chi connectivity index (χ1v) is 7.09. The second-order valence-corrected chi connectivity index (χ2v) is 6.23. The number of hydrogen-bond donors (Lipinski definition) is 1. The highest BCUT2D eigenvalue weighted by Crippen LogP contribution is 2.27.